The minimum absolute atomic E-state index is 0.0710. The second kappa shape index (κ2) is 7.50. The number of amides is 1. The molecule has 0 aliphatic heterocycles. The highest BCUT2D eigenvalue weighted by molar-refractivity contribution is 6.30. The maximum atomic E-state index is 11.5. The lowest BCUT2D eigenvalue weighted by Crippen LogP contribution is -2.30. The maximum Gasteiger partial charge on any atom is 0.374 e. The molecule has 0 spiro atoms. The monoisotopic (exact) mass is 307 g/mol. The van der Waals surface area contributed by atoms with Gasteiger partial charge in [0.2, 0.25) is 5.76 Å². The Kier molecular flexibility index (Phi) is 5.40. The molecule has 6 heteroatoms. The van der Waals surface area contributed by atoms with Gasteiger partial charge in [-0.2, -0.15) is 0 Å². The zero-order valence-electron chi connectivity index (χ0n) is 11.2. The Bertz CT molecular complexity index is 610. The second-order valence-corrected chi connectivity index (χ2v) is 4.72. The van der Waals surface area contributed by atoms with Crippen LogP contribution in [-0.2, 0) is 16.0 Å². The number of esters is 1. The smallest absolute Gasteiger partial charge is 0.374 e. The molecule has 0 saturated carbocycles. The van der Waals surface area contributed by atoms with E-state index in [1.54, 1.807) is 12.1 Å². The molecule has 5 nitrogen and oxygen atoms in total. The second-order valence-electron chi connectivity index (χ2n) is 4.28. The van der Waals surface area contributed by atoms with E-state index in [1.165, 1.54) is 12.3 Å². The molecule has 1 heterocycles. The predicted octanol–water partition coefficient (Wildman–Crippen LogP) is 2.45. The van der Waals surface area contributed by atoms with Crippen LogP contribution in [0.5, 0.6) is 0 Å². The van der Waals surface area contributed by atoms with Crippen LogP contribution >= 0.6 is 11.6 Å². The van der Waals surface area contributed by atoms with E-state index in [0.29, 0.717) is 18.0 Å². The normalized spacial score (nSPS) is 10.1. The van der Waals surface area contributed by atoms with Crippen molar-refractivity contribution in [3.8, 4) is 0 Å². The number of halogens is 1. The zero-order chi connectivity index (χ0) is 15.1. The Morgan fingerprint density at radius 3 is 2.81 bits per heavy atom. The van der Waals surface area contributed by atoms with E-state index in [1.807, 2.05) is 18.2 Å². The quantitative estimate of drug-likeness (QED) is 0.832. The van der Waals surface area contributed by atoms with Crippen LogP contribution in [0.2, 0.25) is 5.02 Å². The minimum Gasteiger partial charge on any atom is -0.457 e. The summed E-state index contributed by atoms with van der Waals surface area (Å²) in [5.41, 5.74) is 1.02. The molecule has 2 aromatic rings. The molecule has 1 amide bonds. The average Bonchev–Trinajstić information content (AvgIpc) is 2.99. The first kappa shape index (κ1) is 15.1. The molecule has 0 aliphatic carbocycles. The van der Waals surface area contributed by atoms with Crippen molar-refractivity contribution in [3.63, 3.8) is 0 Å². The fourth-order valence-electron chi connectivity index (χ4n) is 1.69. The number of carbonyl (C=O) groups excluding carboxylic acids is 2. The molecule has 0 bridgehead atoms. The highest BCUT2D eigenvalue weighted by Crippen LogP contribution is 2.10. The molecule has 0 fully saturated rings. The number of ether oxygens (including phenoxy) is 1. The molecule has 1 aromatic heterocycles. The number of nitrogens with one attached hydrogen (secondary N) is 1. The van der Waals surface area contributed by atoms with E-state index in [-0.39, 0.29) is 18.3 Å². The van der Waals surface area contributed by atoms with Gasteiger partial charge < -0.3 is 14.5 Å². The van der Waals surface area contributed by atoms with Crippen molar-refractivity contribution < 1.29 is 18.7 Å². The molecule has 1 aromatic carbocycles. The van der Waals surface area contributed by atoms with Crippen LogP contribution in [0.1, 0.15) is 16.1 Å². The summed E-state index contributed by atoms with van der Waals surface area (Å²) in [6, 6.07) is 10.4. The SMILES string of the molecule is O=C(COC(=O)c1ccco1)NCCc1cccc(Cl)c1. The van der Waals surface area contributed by atoms with Crippen LogP contribution in [0.25, 0.3) is 0 Å². The zero-order valence-corrected chi connectivity index (χ0v) is 11.9. The van der Waals surface area contributed by atoms with E-state index >= 15 is 0 Å². The Labute approximate surface area is 126 Å². The summed E-state index contributed by atoms with van der Waals surface area (Å²) in [6.07, 6.45) is 2.01. The van der Waals surface area contributed by atoms with Crippen molar-refractivity contribution in [3.05, 3.63) is 59.0 Å². The summed E-state index contributed by atoms with van der Waals surface area (Å²) in [4.78, 5) is 23.0. The largest absolute Gasteiger partial charge is 0.457 e. The van der Waals surface area contributed by atoms with Gasteiger partial charge in [-0.15, -0.1) is 0 Å². The molecule has 1 N–H and O–H groups in total. The molecule has 2 rings (SSSR count). The van der Waals surface area contributed by atoms with Gasteiger partial charge in [0, 0.05) is 11.6 Å². The lowest BCUT2D eigenvalue weighted by Gasteiger charge is -2.06. The van der Waals surface area contributed by atoms with Gasteiger partial charge in [0.25, 0.3) is 5.91 Å². The maximum absolute atomic E-state index is 11.5. The van der Waals surface area contributed by atoms with Crippen LogP contribution in [0, 0.1) is 0 Å². The summed E-state index contributed by atoms with van der Waals surface area (Å²) in [7, 11) is 0. The third-order valence-corrected chi connectivity index (χ3v) is 2.92. The van der Waals surface area contributed by atoms with E-state index < -0.39 is 5.97 Å². The van der Waals surface area contributed by atoms with Crippen LogP contribution < -0.4 is 5.32 Å². The van der Waals surface area contributed by atoms with Gasteiger partial charge in [0.05, 0.1) is 6.26 Å². The van der Waals surface area contributed by atoms with Crippen molar-refractivity contribution in [1.82, 2.24) is 5.32 Å². The van der Waals surface area contributed by atoms with Gasteiger partial charge in [-0.05, 0) is 36.2 Å². The molecule has 0 atom stereocenters. The first-order valence-electron chi connectivity index (χ1n) is 6.37. The van der Waals surface area contributed by atoms with Crippen LogP contribution in [-0.4, -0.2) is 25.0 Å². The standard InChI is InChI=1S/C15H14ClNO4/c16-12-4-1-3-11(9-12)6-7-17-14(18)10-21-15(19)13-5-2-8-20-13/h1-5,8-9H,6-7,10H2,(H,17,18). The summed E-state index contributed by atoms with van der Waals surface area (Å²) in [5, 5.41) is 3.32. The summed E-state index contributed by atoms with van der Waals surface area (Å²) < 4.78 is 9.66. The molecule has 0 aliphatic rings. The fourth-order valence-corrected chi connectivity index (χ4v) is 1.90. The molecule has 21 heavy (non-hydrogen) atoms. The predicted molar refractivity (Wildman–Crippen MR) is 77.2 cm³/mol. The molecular formula is C15H14ClNO4. The summed E-state index contributed by atoms with van der Waals surface area (Å²) in [5.74, 6) is -0.955. The van der Waals surface area contributed by atoms with Crippen molar-refractivity contribution in [2.75, 3.05) is 13.2 Å². The van der Waals surface area contributed by atoms with Gasteiger partial charge in [-0.1, -0.05) is 23.7 Å². The highest BCUT2D eigenvalue weighted by atomic mass is 35.5. The first-order valence-corrected chi connectivity index (χ1v) is 6.75. The molecular weight excluding hydrogens is 294 g/mol. The van der Waals surface area contributed by atoms with E-state index in [0.717, 1.165) is 5.56 Å². The van der Waals surface area contributed by atoms with E-state index in [4.69, 9.17) is 20.8 Å². The first-order chi connectivity index (χ1) is 10.1. The van der Waals surface area contributed by atoms with Crippen molar-refractivity contribution in [1.29, 1.82) is 0 Å². The topological polar surface area (TPSA) is 68.5 Å². The number of carbonyl (C=O) groups is 2. The lowest BCUT2D eigenvalue weighted by atomic mass is 10.1. The van der Waals surface area contributed by atoms with Gasteiger partial charge >= 0.3 is 5.97 Å². The summed E-state index contributed by atoms with van der Waals surface area (Å²) in [6.45, 7) is 0.104. The third kappa shape index (κ3) is 4.96. The summed E-state index contributed by atoms with van der Waals surface area (Å²) >= 11 is 5.87. The van der Waals surface area contributed by atoms with Crippen molar-refractivity contribution in [2.45, 2.75) is 6.42 Å². The molecule has 0 saturated heterocycles. The Morgan fingerprint density at radius 2 is 2.10 bits per heavy atom. The Morgan fingerprint density at radius 1 is 1.24 bits per heavy atom. The number of hydrogen-bond donors (Lipinski definition) is 1. The highest BCUT2D eigenvalue weighted by Gasteiger charge is 2.12. The molecule has 0 radical (unpaired) electrons. The number of furan rings is 1. The number of rotatable bonds is 6. The van der Waals surface area contributed by atoms with Gasteiger partial charge in [0.1, 0.15) is 0 Å². The van der Waals surface area contributed by atoms with E-state index in [9.17, 15) is 9.59 Å². The lowest BCUT2D eigenvalue weighted by molar-refractivity contribution is -0.124. The Balaban J connectivity index is 1.67. The van der Waals surface area contributed by atoms with Crippen LogP contribution in [0.3, 0.4) is 0 Å². The molecule has 0 unspecified atom stereocenters. The Hall–Kier alpha value is -2.27. The van der Waals surface area contributed by atoms with Crippen LogP contribution in [0.15, 0.2) is 47.1 Å². The third-order valence-electron chi connectivity index (χ3n) is 2.68. The minimum atomic E-state index is -0.662. The fraction of sp³-hybridized carbons (Fsp3) is 0.200. The van der Waals surface area contributed by atoms with Crippen molar-refractivity contribution >= 4 is 23.5 Å². The number of benzene rings is 1. The van der Waals surface area contributed by atoms with Crippen LogP contribution in [0.4, 0.5) is 0 Å². The van der Waals surface area contributed by atoms with Crippen molar-refractivity contribution in [2.24, 2.45) is 0 Å². The van der Waals surface area contributed by atoms with Gasteiger partial charge in [0.15, 0.2) is 6.61 Å². The number of hydrogen-bond acceptors (Lipinski definition) is 4. The molecule has 110 valence electrons. The van der Waals surface area contributed by atoms with Gasteiger partial charge in [-0.3, -0.25) is 4.79 Å². The van der Waals surface area contributed by atoms with Gasteiger partial charge in [-0.25, -0.2) is 4.79 Å². The average molecular weight is 308 g/mol. The van der Waals surface area contributed by atoms with E-state index in [2.05, 4.69) is 5.32 Å².